The van der Waals surface area contributed by atoms with Crippen molar-refractivity contribution < 1.29 is 48.3 Å². The molecule has 0 amide bonds. The van der Waals surface area contributed by atoms with Crippen LogP contribution in [-0.4, -0.2) is 57.6 Å². The molecule has 232 valence electrons. The van der Waals surface area contributed by atoms with E-state index < -0.39 is 62.5 Å². The summed E-state index contributed by atoms with van der Waals surface area (Å²) in [6, 6.07) is 9.84. The molecular weight excluding hydrogens is 584 g/mol. The van der Waals surface area contributed by atoms with Crippen LogP contribution in [0.2, 0.25) is 0 Å². The quantitative estimate of drug-likeness (QED) is 0.132. The van der Waals surface area contributed by atoms with Crippen molar-refractivity contribution >= 4 is 35.3 Å². The standard InChI is InChI=1S/C16H18N2O6.C12H10N2O6/c1-5-23-14(19)13(15(20)24-16(2,3)4)10-6-7-12(18(21)22)11(8-10)9-17;1-2-20-12(17)10(11(15)16)7-3-4-9(14(18)19)8(5-7)6-13/h6-8,13H,5H2,1-4H3;3-5,10H,2H2,1H3,(H,15,16). The SMILES string of the molecule is CCOC(=O)C(C(=O)O)c1ccc([N+](=O)[O-])c(C#N)c1.CCOC(=O)C(C(=O)OC(C)(C)C)c1ccc([N+](=O)[O-])c(C#N)c1. The van der Waals surface area contributed by atoms with Gasteiger partial charge in [0.05, 0.1) is 23.1 Å². The molecule has 0 bridgehead atoms. The third kappa shape index (κ3) is 9.88. The molecule has 2 rings (SSSR count). The van der Waals surface area contributed by atoms with Crippen molar-refractivity contribution in [3.05, 3.63) is 78.9 Å². The smallest absolute Gasteiger partial charge is 0.325 e. The molecule has 0 saturated carbocycles. The Bertz CT molecular complexity index is 1530. The van der Waals surface area contributed by atoms with E-state index in [-0.39, 0.29) is 35.5 Å². The van der Waals surface area contributed by atoms with Crippen molar-refractivity contribution in [2.24, 2.45) is 0 Å². The van der Waals surface area contributed by atoms with Crippen LogP contribution < -0.4 is 0 Å². The molecule has 1 N–H and O–H groups in total. The molecule has 0 aliphatic rings. The predicted octanol–water partition coefficient (Wildman–Crippen LogP) is 3.65. The first-order valence-corrected chi connectivity index (χ1v) is 12.7. The summed E-state index contributed by atoms with van der Waals surface area (Å²) in [5, 5.41) is 48.5. The highest BCUT2D eigenvalue weighted by atomic mass is 16.6. The van der Waals surface area contributed by atoms with Gasteiger partial charge in [-0.3, -0.25) is 39.4 Å². The Labute approximate surface area is 250 Å². The number of hydrogen-bond donors (Lipinski definition) is 1. The molecule has 2 aromatic carbocycles. The molecule has 0 radical (unpaired) electrons. The lowest BCUT2D eigenvalue weighted by Crippen LogP contribution is -2.32. The van der Waals surface area contributed by atoms with Crippen LogP contribution in [0.5, 0.6) is 0 Å². The monoisotopic (exact) mass is 612 g/mol. The van der Waals surface area contributed by atoms with Crippen LogP contribution in [0.15, 0.2) is 36.4 Å². The van der Waals surface area contributed by atoms with Crippen LogP contribution >= 0.6 is 0 Å². The molecule has 0 saturated heterocycles. The van der Waals surface area contributed by atoms with Crippen LogP contribution in [0.4, 0.5) is 11.4 Å². The fourth-order valence-corrected chi connectivity index (χ4v) is 3.52. The summed E-state index contributed by atoms with van der Waals surface area (Å²) in [6.45, 7) is 8.09. The number of benzene rings is 2. The van der Waals surface area contributed by atoms with Crippen molar-refractivity contribution in [1.82, 2.24) is 0 Å². The molecule has 0 heterocycles. The first kappa shape index (κ1) is 36.1. The summed E-state index contributed by atoms with van der Waals surface area (Å²) in [7, 11) is 0. The molecule has 0 aliphatic heterocycles. The Kier molecular flexibility index (Phi) is 13.1. The first-order valence-electron chi connectivity index (χ1n) is 12.7. The van der Waals surface area contributed by atoms with Gasteiger partial charge in [-0.05, 0) is 57.9 Å². The van der Waals surface area contributed by atoms with E-state index in [4.69, 9.17) is 25.1 Å². The van der Waals surface area contributed by atoms with E-state index in [2.05, 4.69) is 4.74 Å². The first-order chi connectivity index (χ1) is 20.5. The number of nitro groups is 2. The number of ether oxygens (including phenoxy) is 3. The molecule has 0 aliphatic carbocycles. The summed E-state index contributed by atoms with van der Waals surface area (Å²) in [5.41, 5.74) is -2.21. The van der Waals surface area contributed by atoms with E-state index in [0.717, 1.165) is 30.3 Å². The maximum Gasteiger partial charge on any atom is 0.325 e. The van der Waals surface area contributed by atoms with E-state index >= 15 is 0 Å². The Balaban J connectivity index is 0.000000447. The number of nitro benzene ring substituents is 2. The molecule has 0 fully saturated rings. The number of esters is 3. The van der Waals surface area contributed by atoms with Gasteiger partial charge in [-0.1, -0.05) is 12.1 Å². The van der Waals surface area contributed by atoms with Gasteiger partial charge in [0, 0.05) is 12.1 Å². The number of aliphatic carboxylic acids is 1. The molecule has 16 heteroatoms. The van der Waals surface area contributed by atoms with E-state index in [1.54, 1.807) is 39.8 Å². The summed E-state index contributed by atoms with van der Waals surface area (Å²) in [6.07, 6.45) is 0. The van der Waals surface area contributed by atoms with E-state index in [0.29, 0.717) is 0 Å². The zero-order chi connectivity index (χ0) is 33.8. The van der Waals surface area contributed by atoms with Crippen molar-refractivity contribution in [3.63, 3.8) is 0 Å². The highest BCUT2D eigenvalue weighted by molar-refractivity contribution is 6.01. The molecule has 16 nitrogen and oxygen atoms in total. The van der Waals surface area contributed by atoms with Crippen LogP contribution in [0.25, 0.3) is 0 Å². The van der Waals surface area contributed by atoms with Crippen molar-refractivity contribution in [1.29, 1.82) is 10.5 Å². The highest BCUT2D eigenvalue weighted by Crippen LogP contribution is 2.28. The second-order valence-electron chi connectivity index (χ2n) is 9.53. The third-order valence-corrected chi connectivity index (χ3v) is 5.28. The zero-order valence-corrected chi connectivity index (χ0v) is 24.3. The molecule has 2 aromatic rings. The fraction of sp³-hybridized carbons (Fsp3) is 0.357. The van der Waals surface area contributed by atoms with Crippen LogP contribution in [0.1, 0.15) is 68.7 Å². The van der Waals surface area contributed by atoms with Gasteiger partial charge in [0.2, 0.25) is 0 Å². The van der Waals surface area contributed by atoms with Crippen LogP contribution in [0, 0.1) is 42.9 Å². The van der Waals surface area contributed by atoms with E-state index in [1.807, 2.05) is 0 Å². The van der Waals surface area contributed by atoms with Gasteiger partial charge >= 0.3 is 23.9 Å². The van der Waals surface area contributed by atoms with Gasteiger partial charge in [-0.15, -0.1) is 0 Å². The summed E-state index contributed by atoms with van der Waals surface area (Å²) < 4.78 is 14.7. The van der Waals surface area contributed by atoms with Gasteiger partial charge in [-0.2, -0.15) is 10.5 Å². The van der Waals surface area contributed by atoms with Crippen LogP contribution in [0.3, 0.4) is 0 Å². The lowest BCUT2D eigenvalue weighted by molar-refractivity contribution is -0.385. The van der Waals surface area contributed by atoms with Gasteiger partial charge in [0.15, 0.2) is 11.8 Å². The minimum absolute atomic E-state index is 0.000696. The Morgan fingerprint density at radius 3 is 1.50 bits per heavy atom. The number of rotatable bonds is 10. The van der Waals surface area contributed by atoms with E-state index in [1.165, 1.54) is 13.0 Å². The Morgan fingerprint density at radius 1 is 0.795 bits per heavy atom. The largest absolute Gasteiger partial charge is 0.480 e. The Hall–Kier alpha value is -5.90. The predicted molar refractivity (Wildman–Crippen MR) is 148 cm³/mol. The zero-order valence-electron chi connectivity index (χ0n) is 24.3. The van der Waals surface area contributed by atoms with Crippen LogP contribution in [-0.2, 0) is 33.4 Å². The maximum atomic E-state index is 12.4. The van der Waals surface area contributed by atoms with Gasteiger partial charge in [-0.25, -0.2) is 0 Å². The minimum atomic E-state index is -1.62. The number of nitriles is 2. The van der Waals surface area contributed by atoms with Crippen molar-refractivity contribution in [3.8, 4) is 12.1 Å². The van der Waals surface area contributed by atoms with Crippen molar-refractivity contribution in [2.75, 3.05) is 13.2 Å². The number of nitrogens with zero attached hydrogens (tertiary/aromatic N) is 4. The molecule has 2 unspecified atom stereocenters. The lowest BCUT2D eigenvalue weighted by Gasteiger charge is -2.23. The molecule has 0 aromatic heterocycles. The van der Waals surface area contributed by atoms with Gasteiger partial charge in [0.1, 0.15) is 28.9 Å². The fourth-order valence-electron chi connectivity index (χ4n) is 3.52. The maximum absolute atomic E-state index is 12.4. The lowest BCUT2D eigenvalue weighted by atomic mass is 9.96. The average Bonchev–Trinajstić information content (AvgIpc) is 2.92. The topological polar surface area (TPSA) is 250 Å². The number of hydrogen-bond acceptors (Lipinski definition) is 13. The number of carbonyl (C=O) groups excluding carboxylic acids is 3. The molecule has 0 spiro atoms. The van der Waals surface area contributed by atoms with Crippen molar-refractivity contribution in [2.45, 2.75) is 52.1 Å². The second-order valence-corrected chi connectivity index (χ2v) is 9.53. The molecule has 2 atom stereocenters. The van der Waals surface area contributed by atoms with E-state index in [9.17, 15) is 39.4 Å². The number of carboxylic acids is 1. The van der Waals surface area contributed by atoms with Gasteiger partial charge in [0.25, 0.3) is 11.4 Å². The Morgan fingerprint density at radius 2 is 1.18 bits per heavy atom. The minimum Gasteiger partial charge on any atom is -0.480 e. The average molecular weight is 613 g/mol. The third-order valence-electron chi connectivity index (χ3n) is 5.28. The number of carboxylic acid groups (broad SMARTS) is 1. The number of carbonyl (C=O) groups is 4. The summed E-state index contributed by atoms with van der Waals surface area (Å²) in [4.78, 5) is 67.3. The highest BCUT2D eigenvalue weighted by Gasteiger charge is 2.35. The summed E-state index contributed by atoms with van der Waals surface area (Å²) >= 11 is 0. The normalized spacial score (nSPS) is 11.6. The molecular formula is C28H28N4O12. The summed E-state index contributed by atoms with van der Waals surface area (Å²) in [5.74, 6) is -7.18. The van der Waals surface area contributed by atoms with Gasteiger partial charge < -0.3 is 19.3 Å². The molecule has 44 heavy (non-hydrogen) atoms. The second kappa shape index (κ2) is 15.9.